The number of nitrogens with two attached hydrogens (primary N) is 1. The van der Waals surface area contributed by atoms with Gasteiger partial charge in [-0.15, -0.1) is 11.3 Å². The third kappa shape index (κ3) is 3.90. The Balaban J connectivity index is 1.80. The number of amides is 4. The van der Waals surface area contributed by atoms with Crippen LogP contribution in [0.2, 0.25) is 0 Å². The third-order valence-corrected chi connectivity index (χ3v) is 6.22. The summed E-state index contributed by atoms with van der Waals surface area (Å²) in [4.78, 5) is 56.0. The first-order chi connectivity index (χ1) is 15.4. The Morgan fingerprint density at radius 3 is 2.25 bits per heavy atom. The Kier molecular flexibility index (Phi) is 5.83. The number of primary amides is 1. The number of hydrogen-bond donors (Lipinski definition) is 2. The highest BCUT2D eigenvalue weighted by Crippen LogP contribution is 2.36. The monoisotopic (exact) mass is 448 g/mol. The Hall–Kier alpha value is -3.85. The molecule has 0 aliphatic carbocycles. The lowest BCUT2D eigenvalue weighted by Crippen LogP contribution is -2.51. The van der Waals surface area contributed by atoms with Crippen LogP contribution in [0.15, 0.2) is 66.0 Å². The zero-order valence-corrected chi connectivity index (χ0v) is 17.9. The van der Waals surface area contributed by atoms with E-state index in [-0.39, 0.29) is 11.5 Å². The minimum Gasteiger partial charge on any atom is -0.368 e. The van der Waals surface area contributed by atoms with Gasteiger partial charge in [0.15, 0.2) is 5.78 Å². The molecule has 1 saturated heterocycles. The normalized spacial score (nSPS) is 17.7. The van der Waals surface area contributed by atoms with Gasteiger partial charge in [0.1, 0.15) is 22.8 Å². The lowest BCUT2D eigenvalue weighted by molar-refractivity contribution is -0.135. The van der Waals surface area contributed by atoms with Crippen molar-refractivity contribution in [2.24, 2.45) is 5.73 Å². The molecule has 2 heterocycles. The maximum atomic E-state index is 13.3. The quantitative estimate of drug-likeness (QED) is 0.425. The summed E-state index contributed by atoms with van der Waals surface area (Å²) < 4.78 is 0. The summed E-state index contributed by atoms with van der Waals surface area (Å²) in [6.45, 7) is 1.39. The van der Waals surface area contributed by atoms with E-state index in [0.29, 0.717) is 16.1 Å². The summed E-state index contributed by atoms with van der Waals surface area (Å²) in [5, 5.41) is 4.64. The molecule has 162 valence electrons. The predicted octanol–water partition coefficient (Wildman–Crippen LogP) is 2.62. The van der Waals surface area contributed by atoms with Gasteiger partial charge in [0, 0.05) is 12.3 Å². The zero-order valence-electron chi connectivity index (χ0n) is 17.1. The summed E-state index contributed by atoms with van der Waals surface area (Å²) in [6.07, 6.45) is 0. The molecule has 3 atom stereocenters. The predicted molar refractivity (Wildman–Crippen MR) is 118 cm³/mol. The van der Waals surface area contributed by atoms with E-state index in [9.17, 15) is 19.2 Å². The summed E-state index contributed by atoms with van der Waals surface area (Å²) in [5.41, 5.74) is 7.25. The standard InChI is InChI=1S/C23H20N4O4S/c1-13(28)16-12-32-21(25-16)17(14-8-4-2-5-9-14)19(20(24)29)27-22(30)18(26-23(27)31)15-10-6-3-7-11-15/h2-12,17-19H,1H3,(H2,24,29)(H,26,31). The maximum Gasteiger partial charge on any atom is 0.325 e. The molecule has 0 bridgehead atoms. The van der Waals surface area contributed by atoms with E-state index >= 15 is 0 Å². The van der Waals surface area contributed by atoms with Gasteiger partial charge in [-0.05, 0) is 11.1 Å². The van der Waals surface area contributed by atoms with E-state index in [0.717, 1.165) is 4.90 Å². The number of rotatable bonds is 7. The molecular weight excluding hydrogens is 428 g/mol. The Bertz CT molecular complexity index is 1180. The second kappa shape index (κ2) is 8.72. The molecule has 3 N–H and O–H groups in total. The number of carbonyl (C=O) groups excluding carboxylic acids is 4. The molecule has 0 saturated carbocycles. The minimum atomic E-state index is -1.33. The molecule has 9 heteroatoms. The molecule has 2 aromatic carbocycles. The van der Waals surface area contributed by atoms with Gasteiger partial charge in [-0.1, -0.05) is 60.7 Å². The molecule has 1 fully saturated rings. The van der Waals surface area contributed by atoms with Crippen LogP contribution in [0.4, 0.5) is 4.79 Å². The number of aromatic nitrogens is 1. The number of nitrogens with zero attached hydrogens (tertiary/aromatic N) is 2. The third-order valence-electron chi connectivity index (χ3n) is 5.30. The molecule has 1 aromatic heterocycles. The van der Waals surface area contributed by atoms with Crippen molar-refractivity contribution in [2.75, 3.05) is 0 Å². The summed E-state index contributed by atoms with van der Waals surface area (Å²) >= 11 is 1.18. The number of carbonyl (C=O) groups is 4. The maximum absolute atomic E-state index is 13.3. The number of imide groups is 1. The van der Waals surface area contributed by atoms with Gasteiger partial charge >= 0.3 is 6.03 Å². The lowest BCUT2D eigenvalue weighted by Gasteiger charge is -2.29. The van der Waals surface area contributed by atoms with Crippen LogP contribution in [0, 0.1) is 0 Å². The average molecular weight is 449 g/mol. The van der Waals surface area contributed by atoms with Crippen molar-refractivity contribution in [3.63, 3.8) is 0 Å². The fraction of sp³-hybridized carbons (Fsp3) is 0.174. The van der Waals surface area contributed by atoms with Crippen molar-refractivity contribution >= 4 is 35.0 Å². The second-order valence-corrected chi connectivity index (χ2v) is 8.25. The van der Waals surface area contributed by atoms with E-state index in [4.69, 9.17) is 5.73 Å². The summed E-state index contributed by atoms with van der Waals surface area (Å²) in [5.74, 6) is -2.48. The van der Waals surface area contributed by atoms with E-state index < -0.39 is 35.8 Å². The van der Waals surface area contributed by atoms with Gasteiger partial charge in [0.25, 0.3) is 5.91 Å². The van der Waals surface area contributed by atoms with Gasteiger partial charge < -0.3 is 11.1 Å². The molecule has 4 rings (SSSR count). The number of Topliss-reactive ketones (excluding diaryl/α,β-unsaturated/α-hetero) is 1. The van der Waals surface area contributed by atoms with E-state index in [2.05, 4.69) is 10.3 Å². The van der Waals surface area contributed by atoms with Crippen molar-refractivity contribution in [1.29, 1.82) is 0 Å². The number of ketones is 1. The molecule has 1 aliphatic heterocycles. The summed E-state index contributed by atoms with van der Waals surface area (Å²) in [6, 6.07) is 14.7. The largest absolute Gasteiger partial charge is 0.368 e. The van der Waals surface area contributed by atoms with Crippen molar-refractivity contribution in [3.8, 4) is 0 Å². The van der Waals surface area contributed by atoms with E-state index in [1.165, 1.54) is 18.3 Å². The number of nitrogens with one attached hydrogen (secondary N) is 1. The van der Waals surface area contributed by atoms with Crippen LogP contribution in [0.3, 0.4) is 0 Å². The van der Waals surface area contributed by atoms with Gasteiger partial charge in [-0.25, -0.2) is 14.7 Å². The SMILES string of the molecule is CC(=O)c1csc(C(c2ccccc2)C(C(N)=O)N2C(=O)NC(c3ccccc3)C2=O)n1. The highest BCUT2D eigenvalue weighted by atomic mass is 32.1. The van der Waals surface area contributed by atoms with Crippen LogP contribution in [0.1, 0.15) is 45.5 Å². The van der Waals surface area contributed by atoms with Crippen molar-refractivity contribution < 1.29 is 19.2 Å². The van der Waals surface area contributed by atoms with Crippen LogP contribution in [0.25, 0.3) is 0 Å². The molecule has 3 aromatic rings. The fourth-order valence-corrected chi connectivity index (χ4v) is 4.80. The van der Waals surface area contributed by atoms with Crippen LogP contribution in [-0.2, 0) is 9.59 Å². The molecule has 0 spiro atoms. The molecule has 4 amide bonds. The Morgan fingerprint density at radius 2 is 1.69 bits per heavy atom. The molecule has 32 heavy (non-hydrogen) atoms. The van der Waals surface area contributed by atoms with Crippen LogP contribution in [-0.4, -0.2) is 39.6 Å². The zero-order chi connectivity index (χ0) is 22.8. The van der Waals surface area contributed by atoms with Gasteiger partial charge in [0.2, 0.25) is 5.91 Å². The lowest BCUT2D eigenvalue weighted by atomic mass is 9.90. The first-order valence-electron chi connectivity index (χ1n) is 9.87. The number of thiazole rings is 1. The van der Waals surface area contributed by atoms with Gasteiger partial charge in [-0.2, -0.15) is 0 Å². The Morgan fingerprint density at radius 1 is 1.06 bits per heavy atom. The highest BCUT2D eigenvalue weighted by molar-refractivity contribution is 7.10. The Labute approximate surface area is 188 Å². The topological polar surface area (TPSA) is 122 Å². The minimum absolute atomic E-state index is 0.228. The molecule has 3 unspecified atom stereocenters. The molecule has 8 nitrogen and oxygen atoms in total. The van der Waals surface area contributed by atoms with Gasteiger partial charge in [-0.3, -0.25) is 14.4 Å². The van der Waals surface area contributed by atoms with Crippen LogP contribution in [0.5, 0.6) is 0 Å². The second-order valence-electron chi connectivity index (χ2n) is 7.36. The molecular formula is C23H20N4O4S. The van der Waals surface area contributed by atoms with Gasteiger partial charge in [0.05, 0.1) is 5.92 Å². The van der Waals surface area contributed by atoms with Crippen molar-refractivity contribution in [3.05, 3.63) is 87.9 Å². The van der Waals surface area contributed by atoms with Crippen LogP contribution < -0.4 is 11.1 Å². The highest BCUT2D eigenvalue weighted by Gasteiger charge is 2.48. The first kappa shape index (κ1) is 21.4. The van der Waals surface area contributed by atoms with Crippen molar-refractivity contribution in [2.45, 2.75) is 24.9 Å². The average Bonchev–Trinajstić information content (AvgIpc) is 3.38. The van der Waals surface area contributed by atoms with Crippen molar-refractivity contribution in [1.82, 2.24) is 15.2 Å². The van der Waals surface area contributed by atoms with E-state index in [1.807, 2.05) is 6.07 Å². The summed E-state index contributed by atoms with van der Waals surface area (Å²) in [7, 11) is 0. The molecule has 1 aliphatic rings. The fourth-order valence-electron chi connectivity index (χ4n) is 3.78. The first-order valence-corrected chi connectivity index (χ1v) is 10.8. The van der Waals surface area contributed by atoms with Crippen LogP contribution >= 0.6 is 11.3 Å². The number of hydrogen-bond acceptors (Lipinski definition) is 6. The number of benzene rings is 2. The van der Waals surface area contributed by atoms with E-state index in [1.54, 1.807) is 60.0 Å². The smallest absolute Gasteiger partial charge is 0.325 e. The number of urea groups is 1. The molecule has 0 radical (unpaired) electrons.